The van der Waals surface area contributed by atoms with E-state index in [1.54, 1.807) is 36.4 Å². The quantitative estimate of drug-likeness (QED) is 0.113. The van der Waals surface area contributed by atoms with Crippen LogP contribution in [-0.2, 0) is 15.3 Å². The molecule has 2 aromatic heterocycles. The van der Waals surface area contributed by atoms with Crippen LogP contribution in [0.1, 0.15) is 22.7 Å². The minimum absolute atomic E-state index is 0.0431. The number of hydrogen-bond donors (Lipinski definition) is 2. The number of Topliss-reactive ketones (excluding diaryl/α,β-unsaturated/α-hetero) is 1. The van der Waals surface area contributed by atoms with Gasteiger partial charge in [-0.3, -0.25) is 19.5 Å². The lowest BCUT2D eigenvalue weighted by atomic mass is 9.95. The third kappa shape index (κ3) is 4.70. The van der Waals surface area contributed by atoms with Crippen molar-refractivity contribution in [2.24, 2.45) is 0 Å². The first-order chi connectivity index (χ1) is 17.4. The van der Waals surface area contributed by atoms with Gasteiger partial charge in [-0.05, 0) is 47.5 Å². The van der Waals surface area contributed by atoms with Gasteiger partial charge in [-0.15, -0.1) is 10.2 Å². The van der Waals surface area contributed by atoms with Gasteiger partial charge in [0.05, 0.1) is 11.6 Å². The predicted octanol–water partition coefficient (Wildman–Crippen LogP) is 5.21. The van der Waals surface area contributed by atoms with Gasteiger partial charge in [-0.1, -0.05) is 59.0 Å². The van der Waals surface area contributed by atoms with E-state index in [4.69, 9.17) is 11.6 Å². The number of carbonyl (C=O) groups excluding carboxylic acids is 2. The van der Waals surface area contributed by atoms with Gasteiger partial charge in [0.2, 0.25) is 5.13 Å². The van der Waals surface area contributed by atoms with E-state index >= 15 is 0 Å². The molecular weight excluding hydrogens is 520 g/mol. The number of aromatic hydroxyl groups is 1. The number of nitrogens with zero attached hydrogens (tertiary/aromatic N) is 4. The maximum Gasteiger partial charge on any atom is 0.301 e. The molecule has 0 radical (unpaired) electrons. The number of aliphatic hydroxyl groups is 1. The van der Waals surface area contributed by atoms with Crippen LogP contribution >= 0.6 is 34.7 Å². The normalized spacial score (nSPS) is 17.0. The summed E-state index contributed by atoms with van der Waals surface area (Å²) < 4.78 is 0.602. The number of rotatable bonds is 6. The Morgan fingerprint density at radius 2 is 1.81 bits per heavy atom. The van der Waals surface area contributed by atoms with E-state index in [0.717, 1.165) is 16.9 Å². The molecule has 1 atom stereocenters. The first-order valence-corrected chi connectivity index (χ1v) is 12.8. The molecule has 0 saturated carbocycles. The van der Waals surface area contributed by atoms with Crippen molar-refractivity contribution >= 4 is 57.3 Å². The highest BCUT2D eigenvalue weighted by molar-refractivity contribution is 8.00. The summed E-state index contributed by atoms with van der Waals surface area (Å²) in [6, 6.07) is 15.7. The van der Waals surface area contributed by atoms with Gasteiger partial charge in [-0.2, -0.15) is 0 Å². The van der Waals surface area contributed by atoms with Gasteiger partial charge >= 0.3 is 5.91 Å². The number of amides is 1. The van der Waals surface area contributed by atoms with E-state index < -0.39 is 17.7 Å². The number of aromatic nitrogens is 3. The fourth-order valence-corrected chi connectivity index (χ4v) is 5.74. The van der Waals surface area contributed by atoms with Gasteiger partial charge in [0, 0.05) is 28.7 Å². The molecule has 11 heteroatoms. The molecule has 3 heterocycles. The monoisotopic (exact) mass is 536 g/mol. The fraction of sp³-hybridized carbons (Fsp3) is 0.0800. The van der Waals surface area contributed by atoms with Crippen molar-refractivity contribution in [3.63, 3.8) is 0 Å². The Labute approximate surface area is 218 Å². The molecule has 1 saturated heterocycles. The number of phenols is 1. The smallest absolute Gasteiger partial charge is 0.301 e. The van der Waals surface area contributed by atoms with Gasteiger partial charge in [0.1, 0.15) is 11.5 Å². The van der Waals surface area contributed by atoms with Crippen LogP contribution in [0.4, 0.5) is 5.13 Å². The number of thioether (sulfide) groups is 1. The highest BCUT2D eigenvalue weighted by atomic mass is 35.5. The van der Waals surface area contributed by atoms with Gasteiger partial charge < -0.3 is 10.2 Å². The lowest BCUT2D eigenvalue weighted by Crippen LogP contribution is -2.29. The molecule has 5 rings (SSSR count). The summed E-state index contributed by atoms with van der Waals surface area (Å²) in [6.45, 7) is 0. The van der Waals surface area contributed by atoms with Crippen LogP contribution in [0.3, 0.4) is 0 Å². The number of pyridine rings is 1. The summed E-state index contributed by atoms with van der Waals surface area (Å²) in [5.74, 6) is -1.47. The lowest BCUT2D eigenvalue weighted by molar-refractivity contribution is -0.132. The zero-order chi connectivity index (χ0) is 25.2. The van der Waals surface area contributed by atoms with Crippen LogP contribution in [0.15, 0.2) is 83.0 Å². The molecule has 8 nitrogen and oxygen atoms in total. The zero-order valence-corrected chi connectivity index (χ0v) is 20.8. The maximum absolute atomic E-state index is 13.2. The van der Waals surface area contributed by atoms with Gasteiger partial charge in [-0.25, -0.2) is 0 Å². The number of phenolic OH excluding ortho intramolecular Hbond substituents is 1. The molecule has 2 N–H and O–H groups in total. The fourth-order valence-electron chi connectivity index (χ4n) is 3.79. The molecule has 0 bridgehead atoms. The number of aliphatic hydroxyl groups excluding tert-OH is 1. The maximum atomic E-state index is 13.2. The molecule has 2 aromatic carbocycles. The Kier molecular flexibility index (Phi) is 6.73. The minimum atomic E-state index is -1.01. The molecule has 1 aliphatic rings. The van der Waals surface area contributed by atoms with Crippen LogP contribution < -0.4 is 4.90 Å². The van der Waals surface area contributed by atoms with Crippen LogP contribution in [0.25, 0.3) is 5.76 Å². The third-order valence-electron chi connectivity index (χ3n) is 5.46. The van der Waals surface area contributed by atoms with Crippen molar-refractivity contribution in [2.75, 3.05) is 4.90 Å². The molecule has 1 unspecified atom stereocenters. The molecule has 1 fully saturated rings. The van der Waals surface area contributed by atoms with Crippen molar-refractivity contribution in [1.82, 2.24) is 15.2 Å². The minimum Gasteiger partial charge on any atom is -0.508 e. The number of ketones is 1. The van der Waals surface area contributed by atoms with Crippen molar-refractivity contribution in [3.05, 3.63) is 100 Å². The Morgan fingerprint density at radius 1 is 1.06 bits per heavy atom. The first kappa shape index (κ1) is 24.0. The number of hydrogen-bond acceptors (Lipinski definition) is 9. The Balaban J connectivity index is 1.53. The summed E-state index contributed by atoms with van der Waals surface area (Å²) in [7, 11) is 0. The number of benzene rings is 2. The Morgan fingerprint density at radius 3 is 2.53 bits per heavy atom. The van der Waals surface area contributed by atoms with Crippen LogP contribution in [0.2, 0.25) is 5.02 Å². The Hall–Kier alpha value is -3.73. The molecule has 36 heavy (non-hydrogen) atoms. The largest absolute Gasteiger partial charge is 0.508 e. The summed E-state index contributed by atoms with van der Waals surface area (Å²) in [5, 5.41) is 30.4. The number of anilines is 1. The highest BCUT2D eigenvalue weighted by Crippen LogP contribution is 2.44. The van der Waals surface area contributed by atoms with Crippen LogP contribution in [0.5, 0.6) is 5.75 Å². The molecule has 1 aliphatic heterocycles. The van der Waals surface area contributed by atoms with E-state index in [1.165, 1.54) is 41.2 Å². The van der Waals surface area contributed by atoms with Crippen molar-refractivity contribution in [3.8, 4) is 5.75 Å². The molecule has 4 aromatic rings. The zero-order valence-electron chi connectivity index (χ0n) is 18.4. The average molecular weight is 537 g/mol. The summed E-state index contributed by atoms with van der Waals surface area (Å²) >= 11 is 8.54. The molecule has 1 amide bonds. The van der Waals surface area contributed by atoms with E-state index in [9.17, 15) is 19.8 Å². The SMILES string of the molecule is O=C1C(=O)N(c2nnc(SCc3ccc(Cl)cc3)s2)C(c2cccc(O)c2)/C1=C(\O)c1ccncc1. The van der Waals surface area contributed by atoms with Gasteiger partial charge in [0.25, 0.3) is 5.78 Å². The van der Waals surface area contributed by atoms with Crippen molar-refractivity contribution in [2.45, 2.75) is 16.1 Å². The van der Waals surface area contributed by atoms with Crippen molar-refractivity contribution in [1.29, 1.82) is 0 Å². The van der Waals surface area contributed by atoms with E-state index in [1.807, 2.05) is 12.1 Å². The van der Waals surface area contributed by atoms with Gasteiger partial charge in [0.15, 0.2) is 4.34 Å². The summed E-state index contributed by atoms with van der Waals surface area (Å²) in [6.07, 6.45) is 2.95. The highest BCUT2D eigenvalue weighted by Gasteiger charge is 2.48. The third-order valence-corrected chi connectivity index (χ3v) is 7.84. The first-order valence-electron chi connectivity index (χ1n) is 10.6. The average Bonchev–Trinajstić information content (AvgIpc) is 3.46. The topological polar surface area (TPSA) is 117 Å². The Bertz CT molecular complexity index is 1470. The standard InChI is InChI=1S/C25H17ClN4O4S2/c26-17-6-4-14(5-7-17)13-35-25-29-28-24(36-25)30-20(16-2-1-3-18(31)12-16)19(22(33)23(30)34)21(32)15-8-10-27-11-9-15/h1-12,20,31-32H,13H2/b21-19+. The number of carbonyl (C=O) groups is 2. The summed E-state index contributed by atoms with van der Waals surface area (Å²) in [4.78, 5) is 31.5. The van der Waals surface area contributed by atoms with E-state index in [2.05, 4.69) is 15.2 Å². The molecule has 0 spiro atoms. The molecule has 0 aliphatic carbocycles. The summed E-state index contributed by atoms with van der Waals surface area (Å²) in [5.41, 5.74) is 1.71. The lowest BCUT2D eigenvalue weighted by Gasteiger charge is -2.22. The molecular formula is C25H17ClN4O4S2. The van der Waals surface area contributed by atoms with E-state index in [-0.39, 0.29) is 22.2 Å². The van der Waals surface area contributed by atoms with Crippen molar-refractivity contribution < 1.29 is 19.8 Å². The van der Waals surface area contributed by atoms with Crippen LogP contribution in [0, 0.1) is 0 Å². The van der Waals surface area contributed by atoms with E-state index in [0.29, 0.717) is 26.2 Å². The van der Waals surface area contributed by atoms with Crippen LogP contribution in [-0.4, -0.2) is 37.1 Å². The second kappa shape index (κ2) is 10.1. The second-order valence-corrected chi connectivity index (χ2v) is 10.4. The molecule has 180 valence electrons. The number of halogens is 1. The second-order valence-electron chi connectivity index (χ2n) is 7.77. The predicted molar refractivity (Wildman–Crippen MR) is 138 cm³/mol.